The molecule has 0 fully saturated rings. The van der Waals surface area contributed by atoms with Crippen molar-refractivity contribution < 1.29 is 18.6 Å². The number of ether oxygens (including phenoxy) is 3. The van der Waals surface area contributed by atoms with E-state index in [4.69, 9.17) is 14.2 Å². The van der Waals surface area contributed by atoms with Gasteiger partial charge in [-0.1, -0.05) is 18.2 Å². The molecular formula is C17H14FNO3. The van der Waals surface area contributed by atoms with Crippen molar-refractivity contribution >= 4 is 0 Å². The van der Waals surface area contributed by atoms with Crippen LogP contribution in [0.25, 0.3) is 0 Å². The first-order valence-corrected chi connectivity index (χ1v) is 6.94. The fraction of sp³-hybridized carbons (Fsp3) is 0.235. The maximum atomic E-state index is 13.7. The summed E-state index contributed by atoms with van der Waals surface area (Å²) in [5.74, 6) is 1.07. The van der Waals surface area contributed by atoms with Gasteiger partial charge in [-0.15, -0.1) is 0 Å². The van der Waals surface area contributed by atoms with Crippen LogP contribution in [0.3, 0.4) is 0 Å². The molecule has 1 unspecified atom stereocenters. The third kappa shape index (κ3) is 2.96. The highest BCUT2D eigenvalue weighted by Gasteiger charge is 2.16. The second-order valence-corrected chi connectivity index (χ2v) is 4.86. The van der Waals surface area contributed by atoms with E-state index in [1.165, 1.54) is 6.07 Å². The molecule has 1 aliphatic heterocycles. The van der Waals surface area contributed by atoms with Crippen molar-refractivity contribution in [3.8, 4) is 23.3 Å². The van der Waals surface area contributed by atoms with E-state index in [9.17, 15) is 9.65 Å². The molecule has 0 aliphatic carbocycles. The molecule has 0 aromatic heterocycles. The lowest BCUT2D eigenvalue weighted by Gasteiger charge is -2.12. The highest BCUT2D eigenvalue weighted by molar-refractivity contribution is 5.46. The van der Waals surface area contributed by atoms with Crippen LogP contribution >= 0.6 is 0 Å². The summed E-state index contributed by atoms with van der Waals surface area (Å²) in [4.78, 5) is 0. The lowest BCUT2D eigenvalue weighted by Crippen LogP contribution is -2.06. The summed E-state index contributed by atoms with van der Waals surface area (Å²) in [6, 6.07) is 13.7. The average Bonchev–Trinajstić information content (AvgIpc) is 3.00. The normalized spacial score (nSPS) is 13.5. The highest BCUT2D eigenvalue weighted by Crippen LogP contribution is 2.35. The van der Waals surface area contributed by atoms with E-state index < -0.39 is 5.92 Å². The summed E-state index contributed by atoms with van der Waals surface area (Å²) in [6.07, 6.45) is 0.409. The molecule has 0 amide bonds. The van der Waals surface area contributed by atoms with Gasteiger partial charge in [0.1, 0.15) is 11.6 Å². The number of fused-ring (bicyclic) bond motifs is 1. The molecule has 1 heterocycles. The molecular weight excluding hydrogens is 285 g/mol. The molecule has 2 aromatic rings. The van der Waals surface area contributed by atoms with Gasteiger partial charge in [-0.25, -0.2) is 4.39 Å². The average molecular weight is 299 g/mol. The quantitative estimate of drug-likeness (QED) is 0.846. The fourth-order valence-electron chi connectivity index (χ4n) is 2.31. The molecule has 5 heteroatoms. The van der Waals surface area contributed by atoms with Crippen LogP contribution < -0.4 is 14.2 Å². The van der Waals surface area contributed by atoms with Crippen molar-refractivity contribution in [1.29, 1.82) is 5.26 Å². The predicted octanol–water partition coefficient (Wildman–Crippen LogP) is 3.63. The number of nitrogens with zero attached hydrogens (tertiary/aromatic N) is 1. The van der Waals surface area contributed by atoms with E-state index in [2.05, 4.69) is 6.07 Å². The van der Waals surface area contributed by atoms with E-state index >= 15 is 0 Å². The zero-order valence-corrected chi connectivity index (χ0v) is 11.8. The zero-order valence-electron chi connectivity index (χ0n) is 11.8. The Labute approximate surface area is 127 Å². The number of benzene rings is 2. The molecule has 1 aliphatic rings. The van der Waals surface area contributed by atoms with Crippen LogP contribution in [0.5, 0.6) is 17.2 Å². The van der Waals surface area contributed by atoms with E-state index in [0.717, 1.165) is 0 Å². The maximum Gasteiger partial charge on any atom is 0.231 e. The summed E-state index contributed by atoms with van der Waals surface area (Å²) in [7, 11) is 0. The van der Waals surface area contributed by atoms with E-state index in [-0.39, 0.29) is 12.6 Å². The Morgan fingerprint density at radius 2 is 2.00 bits per heavy atom. The molecule has 0 spiro atoms. The molecule has 112 valence electrons. The standard InChI is InChI=1S/C17H14FNO3/c18-15-4-2-1-3-14(15)12(10-19)7-8-20-13-5-6-16-17(9-13)22-11-21-16/h1-6,9,12H,7-8,11H2. The van der Waals surface area contributed by atoms with Crippen LogP contribution in [0.15, 0.2) is 42.5 Å². The first-order valence-electron chi connectivity index (χ1n) is 6.94. The van der Waals surface area contributed by atoms with Crippen molar-refractivity contribution in [3.63, 3.8) is 0 Å². The first kappa shape index (κ1) is 14.2. The molecule has 0 N–H and O–H groups in total. The van der Waals surface area contributed by atoms with Crippen molar-refractivity contribution in [2.24, 2.45) is 0 Å². The van der Waals surface area contributed by atoms with E-state index in [1.807, 2.05) is 0 Å². The molecule has 3 rings (SSSR count). The van der Waals surface area contributed by atoms with Gasteiger partial charge in [0.15, 0.2) is 11.5 Å². The van der Waals surface area contributed by atoms with Crippen molar-refractivity contribution in [2.45, 2.75) is 12.3 Å². The van der Waals surface area contributed by atoms with Crippen LogP contribution in [-0.2, 0) is 0 Å². The Morgan fingerprint density at radius 3 is 2.82 bits per heavy atom. The smallest absolute Gasteiger partial charge is 0.231 e. The van der Waals surface area contributed by atoms with Gasteiger partial charge in [-0.3, -0.25) is 0 Å². The molecule has 0 saturated heterocycles. The summed E-state index contributed by atoms with van der Waals surface area (Å²) >= 11 is 0. The summed E-state index contributed by atoms with van der Waals surface area (Å²) < 4.78 is 29.8. The molecule has 0 saturated carbocycles. The molecule has 2 aromatic carbocycles. The summed E-state index contributed by atoms with van der Waals surface area (Å²) in [5.41, 5.74) is 0.402. The number of rotatable bonds is 5. The lowest BCUT2D eigenvalue weighted by molar-refractivity contribution is 0.173. The molecule has 22 heavy (non-hydrogen) atoms. The minimum Gasteiger partial charge on any atom is -0.493 e. The van der Waals surface area contributed by atoms with Crippen LogP contribution in [0.2, 0.25) is 0 Å². The van der Waals surface area contributed by atoms with Crippen molar-refractivity contribution in [1.82, 2.24) is 0 Å². The maximum absolute atomic E-state index is 13.7. The molecule has 4 nitrogen and oxygen atoms in total. The summed E-state index contributed by atoms with van der Waals surface area (Å²) in [6.45, 7) is 0.523. The van der Waals surface area contributed by atoms with Gasteiger partial charge >= 0.3 is 0 Å². The third-order valence-electron chi connectivity index (χ3n) is 3.46. The monoisotopic (exact) mass is 299 g/mol. The zero-order chi connectivity index (χ0) is 15.4. The highest BCUT2D eigenvalue weighted by atomic mass is 19.1. The minimum atomic E-state index is -0.532. The lowest BCUT2D eigenvalue weighted by atomic mass is 9.97. The Bertz CT molecular complexity index is 711. The third-order valence-corrected chi connectivity index (χ3v) is 3.46. The second-order valence-electron chi connectivity index (χ2n) is 4.86. The number of halogens is 1. The fourth-order valence-corrected chi connectivity index (χ4v) is 2.31. The number of hydrogen-bond donors (Lipinski definition) is 0. The van der Waals surface area contributed by atoms with Gasteiger partial charge in [-0.05, 0) is 18.2 Å². The van der Waals surface area contributed by atoms with Crippen molar-refractivity contribution in [3.05, 3.63) is 53.8 Å². The largest absolute Gasteiger partial charge is 0.493 e. The molecule has 0 bridgehead atoms. The first-order chi connectivity index (χ1) is 10.8. The van der Waals surface area contributed by atoms with Gasteiger partial charge < -0.3 is 14.2 Å². The Morgan fingerprint density at radius 1 is 1.18 bits per heavy atom. The Balaban J connectivity index is 1.60. The molecule has 1 atom stereocenters. The van der Waals surface area contributed by atoms with Gasteiger partial charge in [0.05, 0.1) is 18.6 Å². The van der Waals surface area contributed by atoms with Gasteiger partial charge in [0, 0.05) is 18.1 Å². The van der Waals surface area contributed by atoms with Crippen molar-refractivity contribution in [2.75, 3.05) is 13.4 Å². The molecule has 0 radical (unpaired) electrons. The van der Waals surface area contributed by atoms with Gasteiger partial charge in [0.2, 0.25) is 6.79 Å². The van der Waals surface area contributed by atoms with E-state index in [0.29, 0.717) is 35.8 Å². The van der Waals surface area contributed by atoms with Gasteiger partial charge in [0.25, 0.3) is 0 Å². The number of nitriles is 1. The SMILES string of the molecule is N#CC(CCOc1ccc2c(c1)OCO2)c1ccccc1F. The van der Waals surface area contributed by atoms with Crippen LogP contribution in [0, 0.1) is 17.1 Å². The number of hydrogen-bond acceptors (Lipinski definition) is 4. The Hall–Kier alpha value is -2.74. The summed E-state index contributed by atoms with van der Waals surface area (Å²) in [5, 5.41) is 9.22. The van der Waals surface area contributed by atoms with E-state index in [1.54, 1.807) is 36.4 Å². The minimum absolute atomic E-state index is 0.211. The van der Waals surface area contributed by atoms with Crippen LogP contribution in [-0.4, -0.2) is 13.4 Å². The van der Waals surface area contributed by atoms with Crippen LogP contribution in [0.1, 0.15) is 17.9 Å². The topological polar surface area (TPSA) is 51.5 Å². The van der Waals surface area contributed by atoms with Gasteiger partial charge in [-0.2, -0.15) is 5.26 Å². The Kier molecular flexibility index (Phi) is 4.10. The second kappa shape index (κ2) is 6.35. The van der Waals surface area contributed by atoms with Crippen LogP contribution in [0.4, 0.5) is 4.39 Å². The predicted molar refractivity (Wildman–Crippen MR) is 77.4 cm³/mol.